The van der Waals surface area contributed by atoms with Gasteiger partial charge in [-0.3, -0.25) is 19.2 Å². The molecule has 0 saturated heterocycles. The van der Waals surface area contributed by atoms with Crippen molar-refractivity contribution in [3.8, 4) is 0 Å². The van der Waals surface area contributed by atoms with Crippen molar-refractivity contribution in [1.82, 2.24) is 16.0 Å². The van der Waals surface area contributed by atoms with Gasteiger partial charge in [0.2, 0.25) is 17.7 Å². The Morgan fingerprint density at radius 2 is 1.62 bits per heavy atom. The van der Waals surface area contributed by atoms with E-state index in [1.165, 1.54) is 11.8 Å². The van der Waals surface area contributed by atoms with Gasteiger partial charge in [-0.05, 0) is 11.2 Å². The summed E-state index contributed by atoms with van der Waals surface area (Å²) in [6, 6.07) is -0.730. The van der Waals surface area contributed by atoms with Crippen LogP contribution in [-0.4, -0.2) is 59.4 Å². The Bertz CT molecular complexity index is 491. The molecule has 9 heteroatoms. The van der Waals surface area contributed by atoms with Crippen molar-refractivity contribution in [3.05, 3.63) is 0 Å². The van der Waals surface area contributed by atoms with Crippen LogP contribution in [0, 0.1) is 5.41 Å². The van der Waals surface area contributed by atoms with Crippen LogP contribution in [0.25, 0.3) is 0 Å². The highest BCUT2D eigenvalue weighted by atomic mass is 32.2. The molecule has 0 radical (unpaired) electrons. The van der Waals surface area contributed by atoms with Gasteiger partial charge in [-0.2, -0.15) is 11.8 Å². The van der Waals surface area contributed by atoms with E-state index in [0.717, 1.165) is 5.75 Å². The van der Waals surface area contributed by atoms with E-state index in [1.807, 2.05) is 27.7 Å². The van der Waals surface area contributed by atoms with Crippen LogP contribution >= 0.6 is 11.8 Å². The molecule has 0 aromatic carbocycles. The maximum absolute atomic E-state index is 12.2. The van der Waals surface area contributed by atoms with Gasteiger partial charge in [-0.25, -0.2) is 0 Å². The van der Waals surface area contributed by atoms with Crippen molar-refractivity contribution in [2.24, 2.45) is 5.41 Å². The number of carbonyl (C=O) groups excluding carboxylic acids is 3. The molecular formula is C17H31N3O5S. The zero-order valence-electron chi connectivity index (χ0n) is 16.0. The predicted octanol–water partition coefficient (Wildman–Crippen LogP) is 0.758. The molecule has 4 N–H and O–H groups in total. The zero-order valence-corrected chi connectivity index (χ0v) is 16.8. The van der Waals surface area contributed by atoms with Crippen LogP contribution in [-0.2, 0) is 19.2 Å². The van der Waals surface area contributed by atoms with Crippen LogP contribution in [0.4, 0.5) is 0 Å². The number of thioether (sulfide) groups is 1. The first-order chi connectivity index (χ1) is 12.0. The maximum atomic E-state index is 12.2. The Morgan fingerprint density at radius 3 is 2.15 bits per heavy atom. The summed E-state index contributed by atoms with van der Waals surface area (Å²) in [4.78, 5) is 46.2. The van der Waals surface area contributed by atoms with E-state index in [-0.39, 0.29) is 36.6 Å². The SMILES string of the molecule is CCSC[C@H](NC(=O)CCC(=O)O)C(=O)NCCNC(=O)CC(C)(C)C. The molecule has 0 aliphatic heterocycles. The molecule has 0 spiro atoms. The second-order valence-corrected chi connectivity index (χ2v) is 8.37. The minimum atomic E-state index is -1.06. The number of carboxylic acids is 1. The van der Waals surface area contributed by atoms with E-state index in [2.05, 4.69) is 16.0 Å². The van der Waals surface area contributed by atoms with E-state index >= 15 is 0 Å². The predicted molar refractivity (Wildman–Crippen MR) is 102 cm³/mol. The third kappa shape index (κ3) is 13.5. The molecule has 3 amide bonds. The van der Waals surface area contributed by atoms with E-state index in [9.17, 15) is 19.2 Å². The molecule has 0 fully saturated rings. The fourth-order valence-electron chi connectivity index (χ4n) is 1.96. The van der Waals surface area contributed by atoms with Gasteiger partial charge in [-0.1, -0.05) is 27.7 Å². The Morgan fingerprint density at radius 1 is 1.00 bits per heavy atom. The third-order valence-electron chi connectivity index (χ3n) is 3.14. The lowest BCUT2D eigenvalue weighted by Gasteiger charge is -2.19. The molecule has 0 saturated carbocycles. The number of rotatable bonds is 12. The molecule has 0 unspecified atom stereocenters. The van der Waals surface area contributed by atoms with Crippen molar-refractivity contribution in [2.75, 3.05) is 24.6 Å². The van der Waals surface area contributed by atoms with E-state index in [1.54, 1.807) is 0 Å². The fraction of sp³-hybridized carbons (Fsp3) is 0.765. The Kier molecular flexibility index (Phi) is 11.7. The second-order valence-electron chi connectivity index (χ2n) is 7.05. The highest BCUT2D eigenvalue weighted by Gasteiger charge is 2.21. The van der Waals surface area contributed by atoms with Gasteiger partial charge >= 0.3 is 5.97 Å². The van der Waals surface area contributed by atoms with Gasteiger partial charge in [0, 0.05) is 31.7 Å². The largest absolute Gasteiger partial charge is 0.481 e. The number of nitrogens with one attached hydrogen (secondary N) is 3. The Labute approximate surface area is 159 Å². The third-order valence-corrected chi connectivity index (χ3v) is 4.12. The molecule has 0 bridgehead atoms. The molecule has 0 heterocycles. The summed E-state index contributed by atoms with van der Waals surface area (Å²) in [5.41, 5.74) is -0.101. The number of hydrogen-bond acceptors (Lipinski definition) is 5. The highest BCUT2D eigenvalue weighted by molar-refractivity contribution is 7.99. The van der Waals surface area contributed by atoms with E-state index in [0.29, 0.717) is 18.7 Å². The molecule has 8 nitrogen and oxygen atoms in total. The van der Waals surface area contributed by atoms with Crippen LogP contribution in [0.5, 0.6) is 0 Å². The van der Waals surface area contributed by atoms with Gasteiger partial charge < -0.3 is 21.1 Å². The van der Waals surface area contributed by atoms with Crippen molar-refractivity contribution in [3.63, 3.8) is 0 Å². The molecule has 1 atom stereocenters. The summed E-state index contributed by atoms with van der Waals surface area (Å²) in [5, 5.41) is 16.6. The Balaban J connectivity index is 4.31. The average Bonchev–Trinajstić information content (AvgIpc) is 2.51. The normalized spacial score (nSPS) is 12.2. The lowest BCUT2D eigenvalue weighted by molar-refractivity contribution is -0.139. The average molecular weight is 390 g/mol. The molecule has 0 aromatic rings. The van der Waals surface area contributed by atoms with Crippen LogP contribution in [0.15, 0.2) is 0 Å². The number of aliphatic carboxylic acids is 1. The van der Waals surface area contributed by atoms with Crippen molar-refractivity contribution in [1.29, 1.82) is 0 Å². The topological polar surface area (TPSA) is 125 Å². The molecular weight excluding hydrogens is 358 g/mol. The zero-order chi connectivity index (χ0) is 20.2. The number of carboxylic acid groups (broad SMARTS) is 1. The maximum Gasteiger partial charge on any atom is 0.303 e. The smallest absolute Gasteiger partial charge is 0.303 e. The van der Waals surface area contributed by atoms with Gasteiger partial charge in [0.25, 0.3) is 0 Å². The summed E-state index contributed by atoms with van der Waals surface area (Å²) in [6.07, 6.45) is -0.0456. The monoisotopic (exact) mass is 389 g/mol. The van der Waals surface area contributed by atoms with Crippen molar-refractivity contribution < 1.29 is 24.3 Å². The Hall–Kier alpha value is -1.77. The number of carbonyl (C=O) groups is 4. The molecule has 150 valence electrons. The lowest BCUT2D eigenvalue weighted by atomic mass is 9.92. The second kappa shape index (κ2) is 12.6. The summed E-state index contributed by atoms with van der Waals surface area (Å²) in [5.74, 6) is -0.765. The van der Waals surface area contributed by atoms with Crippen LogP contribution in [0.1, 0.15) is 47.0 Å². The molecule has 26 heavy (non-hydrogen) atoms. The summed E-state index contributed by atoms with van der Waals surface area (Å²) >= 11 is 1.50. The minimum Gasteiger partial charge on any atom is -0.481 e. The van der Waals surface area contributed by atoms with Crippen molar-refractivity contribution in [2.45, 2.75) is 53.0 Å². The van der Waals surface area contributed by atoms with Crippen LogP contribution < -0.4 is 16.0 Å². The van der Waals surface area contributed by atoms with Gasteiger partial charge in [-0.15, -0.1) is 0 Å². The van der Waals surface area contributed by atoms with Gasteiger partial charge in [0.1, 0.15) is 6.04 Å². The summed E-state index contributed by atoms with van der Waals surface area (Å²) in [6.45, 7) is 8.41. The first-order valence-electron chi connectivity index (χ1n) is 8.68. The summed E-state index contributed by atoms with van der Waals surface area (Å²) < 4.78 is 0. The van der Waals surface area contributed by atoms with Crippen LogP contribution in [0.3, 0.4) is 0 Å². The summed E-state index contributed by atoms with van der Waals surface area (Å²) in [7, 11) is 0. The van der Waals surface area contributed by atoms with Crippen molar-refractivity contribution >= 4 is 35.5 Å². The first-order valence-corrected chi connectivity index (χ1v) is 9.84. The number of amides is 3. The minimum absolute atomic E-state index is 0.0770. The van der Waals surface area contributed by atoms with E-state index in [4.69, 9.17) is 5.11 Å². The number of hydrogen-bond donors (Lipinski definition) is 4. The van der Waals surface area contributed by atoms with Gasteiger partial charge in [0.05, 0.1) is 6.42 Å². The first kappa shape index (κ1) is 24.2. The molecule has 0 aliphatic carbocycles. The van der Waals surface area contributed by atoms with Crippen LogP contribution in [0.2, 0.25) is 0 Å². The highest BCUT2D eigenvalue weighted by Crippen LogP contribution is 2.17. The van der Waals surface area contributed by atoms with E-state index < -0.39 is 17.9 Å². The molecule has 0 rings (SSSR count). The fourth-order valence-corrected chi connectivity index (χ4v) is 2.67. The molecule has 0 aromatic heterocycles. The van der Waals surface area contributed by atoms with Gasteiger partial charge in [0.15, 0.2) is 0 Å². The lowest BCUT2D eigenvalue weighted by Crippen LogP contribution is -2.49. The molecule has 0 aliphatic rings. The quantitative estimate of drug-likeness (QED) is 0.365. The standard InChI is InChI=1S/C17H31N3O5S/c1-5-26-11-12(20-13(21)6-7-15(23)24)16(25)19-9-8-18-14(22)10-17(2,3)4/h12H,5-11H2,1-4H3,(H,18,22)(H,19,25)(H,20,21)(H,23,24)/t12-/m0/s1.